The molecule has 2 aromatic rings. The largest absolute Gasteiger partial charge is 0.492 e. The number of ether oxygens (including phenoxy) is 2. The lowest BCUT2D eigenvalue weighted by Crippen LogP contribution is -2.31. The second kappa shape index (κ2) is 8.26. The lowest BCUT2D eigenvalue weighted by Gasteiger charge is -2.23. The summed E-state index contributed by atoms with van der Waals surface area (Å²) in [6.45, 7) is 9.04. The average molecular weight is 429 g/mol. The molecule has 0 N–H and O–H groups in total. The zero-order chi connectivity index (χ0) is 22.1. The molecule has 0 saturated carbocycles. The van der Waals surface area contributed by atoms with Gasteiger partial charge in [0.05, 0.1) is 4.90 Å². The molecule has 6 heteroatoms. The van der Waals surface area contributed by atoms with Crippen LogP contribution in [0.2, 0.25) is 0 Å². The van der Waals surface area contributed by atoms with Crippen LogP contribution < -0.4 is 0 Å². The van der Waals surface area contributed by atoms with Crippen LogP contribution in [-0.2, 0) is 24.1 Å². The third kappa shape index (κ3) is 4.75. The molecule has 1 heterocycles. The molecule has 3 rings (SSSR count). The molecule has 160 valence electrons. The summed E-state index contributed by atoms with van der Waals surface area (Å²) in [5.74, 6) is -0.840. The average Bonchev–Trinajstić information content (AvgIpc) is 3.02. The minimum Gasteiger partial charge on any atom is -0.492 e. The number of benzene rings is 2. The Hall–Kier alpha value is -2.60. The molecular formula is C24H28O5S. The van der Waals surface area contributed by atoms with Crippen molar-refractivity contribution >= 4 is 15.8 Å². The van der Waals surface area contributed by atoms with Gasteiger partial charge < -0.3 is 9.47 Å². The van der Waals surface area contributed by atoms with E-state index in [4.69, 9.17) is 9.47 Å². The normalized spacial score (nSPS) is 20.2. The van der Waals surface area contributed by atoms with E-state index in [9.17, 15) is 13.2 Å². The van der Waals surface area contributed by atoms with Gasteiger partial charge in [0.25, 0.3) is 0 Å². The molecular weight excluding hydrogens is 400 g/mol. The molecule has 5 nitrogen and oxygen atoms in total. The predicted molar refractivity (Wildman–Crippen MR) is 116 cm³/mol. The van der Waals surface area contributed by atoms with Crippen LogP contribution in [-0.4, -0.2) is 26.1 Å². The number of rotatable bonds is 5. The summed E-state index contributed by atoms with van der Waals surface area (Å²) in [4.78, 5) is 12.8. The Morgan fingerprint density at radius 2 is 1.63 bits per heavy atom. The van der Waals surface area contributed by atoms with E-state index in [1.54, 1.807) is 82.3 Å². The molecule has 0 spiro atoms. The Morgan fingerprint density at radius 3 is 2.20 bits per heavy atom. The number of esters is 1. The molecule has 0 radical (unpaired) electrons. The van der Waals surface area contributed by atoms with Gasteiger partial charge in [0.1, 0.15) is 28.6 Å². The van der Waals surface area contributed by atoms with E-state index < -0.39 is 38.7 Å². The highest BCUT2D eigenvalue weighted by molar-refractivity contribution is 7.91. The van der Waals surface area contributed by atoms with Gasteiger partial charge in [0.15, 0.2) is 9.84 Å². The van der Waals surface area contributed by atoms with Crippen molar-refractivity contribution in [1.82, 2.24) is 0 Å². The third-order valence-electron chi connectivity index (χ3n) is 4.87. The molecule has 1 aliphatic rings. The zero-order valence-electron chi connectivity index (χ0n) is 18.0. The Bertz CT molecular complexity index is 1030. The van der Waals surface area contributed by atoms with Gasteiger partial charge in [0.2, 0.25) is 0 Å². The Kier molecular flexibility index (Phi) is 6.09. The van der Waals surface area contributed by atoms with Crippen molar-refractivity contribution in [3.05, 3.63) is 77.6 Å². The maximum atomic E-state index is 13.6. The Morgan fingerprint density at radius 1 is 1.03 bits per heavy atom. The molecule has 0 aromatic heterocycles. The summed E-state index contributed by atoms with van der Waals surface area (Å²) in [5.41, 5.74) is 0.918. The van der Waals surface area contributed by atoms with Crippen LogP contribution >= 0.6 is 0 Å². The van der Waals surface area contributed by atoms with Crippen molar-refractivity contribution in [3.63, 3.8) is 0 Å². The summed E-state index contributed by atoms with van der Waals surface area (Å²) in [6.07, 6.45) is 1.08. The molecule has 0 amide bonds. The van der Waals surface area contributed by atoms with E-state index in [-0.39, 0.29) is 10.7 Å². The van der Waals surface area contributed by atoms with Crippen molar-refractivity contribution in [2.24, 2.45) is 5.92 Å². The Labute approximate surface area is 178 Å². The quantitative estimate of drug-likeness (QED) is 0.642. The highest BCUT2D eigenvalue weighted by Crippen LogP contribution is 2.41. The van der Waals surface area contributed by atoms with E-state index >= 15 is 0 Å². The van der Waals surface area contributed by atoms with Gasteiger partial charge in [-0.1, -0.05) is 48.0 Å². The maximum absolute atomic E-state index is 13.6. The van der Waals surface area contributed by atoms with Crippen molar-refractivity contribution in [3.8, 4) is 0 Å². The van der Waals surface area contributed by atoms with Crippen LogP contribution in [0.15, 0.2) is 71.3 Å². The van der Waals surface area contributed by atoms with Crippen LogP contribution in [0.3, 0.4) is 0 Å². The lowest BCUT2D eigenvalue weighted by molar-refractivity contribution is -0.160. The van der Waals surface area contributed by atoms with Crippen LogP contribution in [0.25, 0.3) is 0 Å². The third-order valence-corrected chi connectivity index (χ3v) is 6.93. The first-order valence-corrected chi connectivity index (χ1v) is 11.5. The smallest absolute Gasteiger partial charge is 0.317 e. The minimum absolute atomic E-state index is 0.208. The topological polar surface area (TPSA) is 69.7 Å². The van der Waals surface area contributed by atoms with Gasteiger partial charge in [-0.15, -0.1) is 0 Å². The molecule has 2 aromatic carbocycles. The van der Waals surface area contributed by atoms with E-state index in [1.165, 1.54) is 0 Å². The van der Waals surface area contributed by atoms with E-state index in [2.05, 4.69) is 0 Å². The van der Waals surface area contributed by atoms with Crippen molar-refractivity contribution in [2.75, 3.05) is 0 Å². The summed E-state index contributed by atoms with van der Waals surface area (Å²) >= 11 is 0. The number of aryl methyl sites for hydroxylation is 1. The Balaban J connectivity index is 2.05. The van der Waals surface area contributed by atoms with Gasteiger partial charge in [-0.2, -0.15) is 0 Å². The molecule has 0 saturated heterocycles. The first-order valence-electron chi connectivity index (χ1n) is 9.96. The molecule has 30 heavy (non-hydrogen) atoms. The van der Waals surface area contributed by atoms with Gasteiger partial charge in [-0.25, -0.2) is 8.42 Å². The van der Waals surface area contributed by atoms with Gasteiger partial charge >= 0.3 is 5.97 Å². The second-order valence-corrected chi connectivity index (χ2v) is 10.6. The molecule has 0 fully saturated rings. The summed E-state index contributed by atoms with van der Waals surface area (Å²) < 4.78 is 38.6. The first kappa shape index (κ1) is 22.1. The number of carbonyl (C=O) groups is 1. The van der Waals surface area contributed by atoms with Crippen LogP contribution in [0, 0.1) is 12.8 Å². The van der Waals surface area contributed by atoms with Gasteiger partial charge in [-0.05, 0) is 58.4 Å². The highest BCUT2D eigenvalue weighted by atomic mass is 32.2. The van der Waals surface area contributed by atoms with Crippen molar-refractivity contribution < 1.29 is 22.7 Å². The number of carbonyl (C=O) groups excluding carboxylic acids is 1. The minimum atomic E-state index is -3.81. The van der Waals surface area contributed by atoms with Gasteiger partial charge in [-0.3, -0.25) is 4.79 Å². The van der Waals surface area contributed by atoms with Crippen molar-refractivity contribution in [1.29, 1.82) is 0 Å². The fourth-order valence-electron chi connectivity index (χ4n) is 3.41. The maximum Gasteiger partial charge on any atom is 0.317 e. The second-order valence-electron chi connectivity index (χ2n) is 8.60. The highest BCUT2D eigenvalue weighted by Gasteiger charge is 2.42. The molecule has 0 aliphatic carbocycles. The van der Waals surface area contributed by atoms with Crippen LogP contribution in [0.1, 0.15) is 44.1 Å². The van der Waals surface area contributed by atoms with Crippen LogP contribution in [0.5, 0.6) is 0 Å². The van der Waals surface area contributed by atoms with Crippen LogP contribution in [0.4, 0.5) is 0 Å². The SMILES string of the molecule is Cc1ccc(S(=O)(=O)C(C2=CC(C(=O)OC(C)(C)C)C(C)O2)c2ccccc2)cc1. The van der Waals surface area contributed by atoms with E-state index in [1.807, 2.05) is 13.0 Å². The van der Waals surface area contributed by atoms with E-state index in [0.717, 1.165) is 5.56 Å². The molecule has 0 bridgehead atoms. The zero-order valence-corrected chi connectivity index (χ0v) is 18.8. The number of sulfone groups is 1. The summed E-state index contributed by atoms with van der Waals surface area (Å²) in [5, 5.41) is -1.05. The predicted octanol–water partition coefficient (Wildman–Crippen LogP) is 4.77. The molecule has 3 unspecified atom stereocenters. The lowest BCUT2D eigenvalue weighted by atomic mass is 10.0. The summed E-state index contributed by atoms with van der Waals surface area (Å²) in [6, 6.07) is 15.7. The number of hydrogen-bond acceptors (Lipinski definition) is 5. The standard InChI is InChI=1S/C24H28O5S/c1-16-11-13-19(14-12-16)30(26,27)22(18-9-7-6-8-10-18)21-15-20(17(2)28-21)23(25)29-24(3,4)5/h6-15,17,20,22H,1-5H3. The van der Waals surface area contributed by atoms with Crippen molar-refractivity contribution in [2.45, 2.75) is 56.5 Å². The molecule has 1 aliphatic heterocycles. The monoisotopic (exact) mass is 428 g/mol. The summed E-state index contributed by atoms with van der Waals surface area (Å²) in [7, 11) is -3.81. The molecule has 3 atom stereocenters. The first-order chi connectivity index (χ1) is 14.0. The van der Waals surface area contributed by atoms with Gasteiger partial charge in [0, 0.05) is 0 Å². The number of hydrogen-bond donors (Lipinski definition) is 0. The fourth-order valence-corrected chi connectivity index (χ4v) is 5.15. The fraction of sp³-hybridized carbons (Fsp3) is 0.375. The van der Waals surface area contributed by atoms with E-state index in [0.29, 0.717) is 5.56 Å².